The molecule has 20 heavy (non-hydrogen) atoms. The average molecular weight is 381 g/mol. The van der Waals surface area contributed by atoms with Gasteiger partial charge in [-0.25, -0.2) is 0 Å². The third-order valence-electron chi connectivity index (χ3n) is 3.05. The summed E-state index contributed by atoms with van der Waals surface area (Å²) in [7, 11) is 1.64. The summed E-state index contributed by atoms with van der Waals surface area (Å²) in [4.78, 5) is 12.2. The van der Waals surface area contributed by atoms with E-state index in [2.05, 4.69) is 27.9 Å². The van der Waals surface area contributed by atoms with Gasteiger partial charge in [0.15, 0.2) is 0 Å². The summed E-state index contributed by atoms with van der Waals surface area (Å²) in [5.41, 5.74) is 1.72. The minimum Gasteiger partial charge on any atom is -0.497 e. The second-order valence-electron chi connectivity index (χ2n) is 4.48. The maximum absolute atomic E-state index is 12.2. The quantitative estimate of drug-likeness (QED) is 0.819. The number of benzene rings is 2. The van der Waals surface area contributed by atoms with Crippen molar-refractivity contribution in [2.45, 2.75) is 13.0 Å². The molecule has 4 heteroatoms. The molecule has 2 rings (SSSR count). The molecule has 1 amide bonds. The number of ether oxygens (including phenoxy) is 1. The van der Waals surface area contributed by atoms with Gasteiger partial charge in [0.1, 0.15) is 5.75 Å². The molecule has 0 heterocycles. The first-order valence-corrected chi connectivity index (χ1v) is 7.38. The van der Waals surface area contributed by atoms with Crippen LogP contribution in [-0.2, 0) is 0 Å². The summed E-state index contributed by atoms with van der Waals surface area (Å²) in [6.07, 6.45) is 0. The predicted octanol–water partition coefficient (Wildman–Crippen LogP) is 3.79. The zero-order chi connectivity index (χ0) is 14.5. The van der Waals surface area contributed by atoms with Crippen LogP contribution in [-0.4, -0.2) is 13.0 Å². The summed E-state index contributed by atoms with van der Waals surface area (Å²) < 4.78 is 6.17. The molecule has 2 aromatic rings. The third-order valence-corrected chi connectivity index (χ3v) is 3.72. The smallest absolute Gasteiger partial charge is 0.251 e. The highest BCUT2D eigenvalue weighted by Crippen LogP contribution is 2.18. The van der Waals surface area contributed by atoms with Crippen LogP contribution in [0.1, 0.15) is 28.9 Å². The standard InChI is InChI=1S/C16H16INO2/c1-11(12-6-8-15(20-2)9-7-12)18-16(19)13-4-3-5-14(17)10-13/h3-11H,1-2H3,(H,18,19)/t11-/m0/s1. The Hall–Kier alpha value is -1.56. The summed E-state index contributed by atoms with van der Waals surface area (Å²) in [5, 5.41) is 2.99. The Morgan fingerprint density at radius 2 is 1.90 bits per heavy atom. The van der Waals surface area contributed by atoms with Crippen molar-refractivity contribution in [1.29, 1.82) is 0 Å². The van der Waals surface area contributed by atoms with Crippen LogP contribution in [0.2, 0.25) is 0 Å². The van der Waals surface area contributed by atoms with Crippen molar-refractivity contribution < 1.29 is 9.53 Å². The molecular weight excluding hydrogens is 365 g/mol. The molecule has 1 atom stereocenters. The van der Waals surface area contributed by atoms with Gasteiger partial charge in [0.25, 0.3) is 5.91 Å². The molecule has 0 unspecified atom stereocenters. The fourth-order valence-corrected chi connectivity index (χ4v) is 2.43. The van der Waals surface area contributed by atoms with Gasteiger partial charge in [-0.1, -0.05) is 18.2 Å². The monoisotopic (exact) mass is 381 g/mol. The number of methoxy groups -OCH3 is 1. The van der Waals surface area contributed by atoms with Gasteiger partial charge in [-0.15, -0.1) is 0 Å². The molecule has 0 radical (unpaired) electrons. The minimum absolute atomic E-state index is 0.0497. The number of carbonyl (C=O) groups excluding carboxylic acids is 1. The SMILES string of the molecule is COc1ccc([C@H](C)NC(=O)c2cccc(I)c2)cc1. The van der Waals surface area contributed by atoms with Crippen molar-refractivity contribution >= 4 is 28.5 Å². The highest BCUT2D eigenvalue weighted by atomic mass is 127. The number of amides is 1. The Morgan fingerprint density at radius 1 is 1.20 bits per heavy atom. The van der Waals surface area contributed by atoms with E-state index < -0.39 is 0 Å². The lowest BCUT2D eigenvalue weighted by Crippen LogP contribution is -2.26. The number of hydrogen-bond donors (Lipinski definition) is 1. The molecule has 0 saturated carbocycles. The Kier molecular flexibility index (Phi) is 5.00. The molecule has 0 aromatic heterocycles. The van der Waals surface area contributed by atoms with Crippen molar-refractivity contribution in [1.82, 2.24) is 5.32 Å². The first kappa shape index (κ1) is 14.8. The molecule has 104 valence electrons. The van der Waals surface area contributed by atoms with E-state index in [1.54, 1.807) is 7.11 Å². The van der Waals surface area contributed by atoms with Crippen LogP contribution in [0.15, 0.2) is 48.5 Å². The Balaban J connectivity index is 2.06. The second kappa shape index (κ2) is 6.74. The highest BCUT2D eigenvalue weighted by molar-refractivity contribution is 14.1. The number of halogens is 1. The molecule has 0 fully saturated rings. The first-order chi connectivity index (χ1) is 9.60. The zero-order valence-corrected chi connectivity index (χ0v) is 13.5. The van der Waals surface area contributed by atoms with Gasteiger partial charge in [0.2, 0.25) is 0 Å². The van der Waals surface area contributed by atoms with E-state index in [0.29, 0.717) is 5.56 Å². The van der Waals surface area contributed by atoms with Gasteiger partial charge in [-0.05, 0) is 65.4 Å². The molecule has 0 saturated heterocycles. The molecule has 3 nitrogen and oxygen atoms in total. The largest absolute Gasteiger partial charge is 0.497 e. The van der Waals surface area contributed by atoms with Crippen molar-refractivity contribution in [2.24, 2.45) is 0 Å². The van der Waals surface area contributed by atoms with Gasteiger partial charge in [0, 0.05) is 9.13 Å². The minimum atomic E-state index is -0.0631. The molecule has 0 spiro atoms. The topological polar surface area (TPSA) is 38.3 Å². The normalized spacial score (nSPS) is 11.8. The van der Waals surface area contributed by atoms with Crippen LogP contribution >= 0.6 is 22.6 Å². The van der Waals surface area contributed by atoms with E-state index in [-0.39, 0.29) is 11.9 Å². The summed E-state index contributed by atoms with van der Waals surface area (Å²) in [6.45, 7) is 1.97. The van der Waals surface area contributed by atoms with Crippen LogP contribution in [0.5, 0.6) is 5.75 Å². The molecule has 0 aliphatic carbocycles. The predicted molar refractivity (Wildman–Crippen MR) is 88.0 cm³/mol. The van der Waals surface area contributed by atoms with Crippen LogP contribution in [0, 0.1) is 3.57 Å². The Bertz CT molecular complexity index is 596. The molecule has 0 bridgehead atoms. The first-order valence-electron chi connectivity index (χ1n) is 6.30. The van der Waals surface area contributed by atoms with E-state index in [0.717, 1.165) is 14.9 Å². The average Bonchev–Trinajstić information content (AvgIpc) is 2.47. The summed E-state index contributed by atoms with van der Waals surface area (Å²) >= 11 is 2.20. The number of rotatable bonds is 4. The molecular formula is C16H16INO2. The van der Waals surface area contributed by atoms with Crippen molar-refractivity contribution in [3.05, 3.63) is 63.2 Å². The second-order valence-corrected chi connectivity index (χ2v) is 5.72. The summed E-state index contributed by atoms with van der Waals surface area (Å²) in [5.74, 6) is 0.747. The van der Waals surface area contributed by atoms with E-state index in [9.17, 15) is 4.79 Å². The molecule has 1 N–H and O–H groups in total. The number of hydrogen-bond acceptors (Lipinski definition) is 2. The Morgan fingerprint density at radius 3 is 2.50 bits per heavy atom. The van der Waals surface area contributed by atoms with Crippen molar-refractivity contribution in [3.63, 3.8) is 0 Å². The van der Waals surface area contributed by atoms with E-state index in [4.69, 9.17) is 4.74 Å². The highest BCUT2D eigenvalue weighted by Gasteiger charge is 2.11. The summed E-state index contributed by atoms with van der Waals surface area (Å²) in [6, 6.07) is 15.2. The van der Waals surface area contributed by atoms with Crippen LogP contribution in [0.25, 0.3) is 0 Å². The van der Waals surface area contributed by atoms with Gasteiger partial charge < -0.3 is 10.1 Å². The zero-order valence-electron chi connectivity index (χ0n) is 11.4. The lowest BCUT2D eigenvalue weighted by Gasteiger charge is -2.15. The third kappa shape index (κ3) is 3.72. The number of carbonyl (C=O) groups is 1. The maximum atomic E-state index is 12.2. The van der Waals surface area contributed by atoms with Gasteiger partial charge >= 0.3 is 0 Å². The van der Waals surface area contributed by atoms with Gasteiger partial charge in [0.05, 0.1) is 13.2 Å². The molecule has 0 aliphatic rings. The number of nitrogens with one attached hydrogen (secondary N) is 1. The Labute approximate surface area is 132 Å². The van der Waals surface area contributed by atoms with Gasteiger partial charge in [-0.3, -0.25) is 4.79 Å². The maximum Gasteiger partial charge on any atom is 0.251 e. The lowest BCUT2D eigenvalue weighted by atomic mass is 10.1. The van der Waals surface area contributed by atoms with Crippen molar-refractivity contribution in [2.75, 3.05) is 7.11 Å². The fourth-order valence-electron chi connectivity index (χ4n) is 1.89. The fraction of sp³-hybridized carbons (Fsp3) is 0.188. The van der Waals surface area contributed by atoms with Crippen molar-refractivity contribution in [3.8, 4) is 5.75 Å². The van der Waals surface area contributed by atoms with Crippen LogP contribution < -0.4 is 10.1 Å². The van der Waals surface area contributed by atoms with Crippen LogP contribution in [0.3, 0.4) is 0 Å². The lowest BCUT2D eigenvalue weighted by molar-refractivity contribution is 0.0940. The molecule has 2 aromatic carbocycles. The van der Waals surface area contributed by atoms with E-state index in [1.165, 1.54) is 0 Å². The van der Waals surface area contributed by atoms with Gasteiger partial charge in [-0.2, -0.15) is 0 Å². The van der Waals surface area contributed by atoms with E-state index >= 15 is 0 Å². The van der Waals surface area contributed by atoms with E-state index in [1.807, 2.05) is 55.5 Å². The molecule has 0 aliphatic heterocycles. The van der Waals surface area contributed by atoms with Crippen LogP contribution in [0.4, 0.5) is 0 Å².